The van der Waals surface area contributed by atoms with Crippen LogP contribution < -0.4 is 0 Å². The van der Waals surface area contributed by atoms with E-state index >= 15 is 0 Å². The lowest BCUT2D eigenvalue weighted by Gasteiger charge is -2.02. The molecular formula is C11H8BrFO4. The quantitative estimate of drug-likeness (QED) is 0.369. The van der Waals surface area contributed by atoms with Crippen LogP contribution in [0.25, 0.3) is 0 Å². The molecule has 0 amide bonds. The number of benzene rings is 1. The Morgan fingerprint density at radius 3 is 2.53 bits per heavy atom. The van der Waals surface area contributed by atoms with Crippen LogP contribution in [0.4, 0.5) is 4.39 Å². The number of rotatable bonds is 4. The average molecular weight is 303 g/mol. The third kappa shape index (κ3) is 3.45. The Morgan fingerprint density at radius 1 is 1.35 bits per heavy atom. The Kier molecular flexibility index (Phi) is 4.51. The first kappa shape index (κ1) is 13.5. The molecule has 17 heavy (non-hydrogen) atoms. The number of ether oxygens (including phenoxy) is 1. The van der Waals surface area contributed by atoms with Crippen molar-refractivity contribution in [3.05, 3.63) is 34.1 Å². The summed E-state index contributed by atoms with van der Waals surface area (Å²) in [7, 11) is 1.03. The van der Waals surface area contributed by atoms with Gasteiger partial charge in [-0.05, 0) is 18.2 Å². The second-order valence-electron chi connectivity index (χ2n) is 3.14. The van der Waals surface area contributed by atoms with E-state index in [1.165, 1.54) is 12.1 Å². The minimum atomic E-state index is -1.11. The molecule has 0 saturated heterocycles. The molecular weight excluding hydrogens is 295 g/mol. The Labute approximate surface area is 105 Å². The van der Waals surface area contributed by atoms with Crippen molar-refractivity contribution >= 4 is 33.5 Å². The van der Waals surface area contributed by atoms with E-state index in [9.17, 15) is 18.8 Å². The molecule has 0 fully saturated rings. The lowest BCUT2D eigenvalue weighted by Crippen LogP contribution is -2.19. The highest BCUT2D eigenvalue weighted by molar-refractivity contribution is 9.10. The lowest BCUT2D eigenvalue weighted by atomic mass is 10.1. The van der Waals surface area contributed by atoms with E-state index in [-0.39, 0.29) is 5.56 Å². The van der Waals surface area contributed by atoms with Gasteiger partial charge in [-0.1, -0.05) is 15.9 Å². The van der Waals surface area contributed by atoms with Gasteiger partial charge in [0.05, 0.1) is 19.1 Å². The van der Waals surface area contributed by atoms with Crippen LogP contribution in [0.5, 0.6) is 0 Å². The highest BCUT2D eigenvalue weighted by atomic mass is 79.9. The standard InChI is InChI=1S/C11H8BrFO4/c1-17-11(16)10(15)5-9(14)7-3-2-6(12)4-8(7)13/h2-4H,5H2,1H3. The fraction of sp³-hybridized carbons (Fsp3) is 0.182. The molecule has 0 aromatic heterocycles. The molecule has 1 rings (SSSR count). The lowest BCUT2D eigenvalue weighted by molar-refractivity contribution is -0.151. The molecule has 0 unspecified atom stereocenters. The van der Waals surface area contributed by atoms with Crippen molar-refractivity contribution in [2.75, 3.05) is 7.11 Å². The third-order valence-electron chi connectivity index (χ3n) is 1.97. The van der Waals surface area contributed by atoms with Gasteiger partial charge in [0.2, 0.25) is 5.78 Å². The first-order chi connectivity index (χ1) is 7.95. The van der Waals surface area contributed by atoms with Crippen LogP contribution in [-0.4, -0.2) is 24.6 Å². The molecule has 0 atom stereocenters. The Balaban J connectivity index is 2.84. The molecule has 0 aliphatic rings. The Bertz CT molecular complexity index is 484. The average Bonchev–Trinajstić information content (AvgIpc) is 2.27. The molecule has 1 aromatic rings. The van der Waals surface area contributed by atoms with Gasteiger partial charge in [0.1, 0.15) is 5.82 Å². The van der Waals surface area contributed by atoms with Gasteiger partial charge >= 0.3 is 5.97 Å². The molecule has 0 heterocycles. The van der Waals surface area contributed by atoms with Gasteiger partial charge in [-0.15, -0.1) is 0 Å². The highest BCUT2D eigenvalue weighted by Gasteiger charge is 2.21. The van der Waals surface area contributed by atoms with Crippen LogP contribution >= 0.6 is 15.9 Å². The van der Waals surface area contributed by atoms with E-state index in [0.29, 0.717) is 4.47 Å². The number of methoxy groups -OCH3 is 1. The normalized spacial score (nSPS) is 9.82. The van der Waals surface area contributed by atoms with Crippen molar-refractivity contribution in [1.29, 1.82) is 0 Å². The van der Waals surface area contributed by atoms with E-state index in [0.717, 1.165) is 13.2 Å². The molecule has 4 nitrogen and oxygen atoms in total. The predicted octanol–water partition coefficient (Wildman–Crippen LogP) is 1.90. The fourth-order valence-corrected chi connectivity index (χ4v) is 1.48. The van der Waals surface area contributed by atoms with E-state index in [1.54, 1.807) is 0 Å². The number of esters is 1. The van der Waals surface area contributed by atoms with Crippen LogP contribution in [-0.2, 0) is 14.3 Å². The molecule has 0 N–H and O–H groups in total. The minimum absolute atomic E-state index is 0.231. The summed E-state index contributed by atoms with van der Waals surface area (Å²) in [5, 5.41) is 0. The summed E-state index contributed by atoms with van der Waals surface area (Å²) in [5.74, 6) is -3.62. The highest BCUT2D eigenvalue weighted by Crippen LogP contribution is 2.16. The summed E-state index contributed by atoms with van der Waals surface area (Å²) in [6.45, 7) is 0. The molecule has 0 saturated carbocycles. The van der Waals surface area contributed by atoms with E-state index in [4.69, 9.17) is 0 Å². The monoisotopic (exact) mass is 302 g/mol. The largest absolute Gasteiger partial charge is 0.463 e. The van der Waals surface area contributed by atoms with Crippen molar-refractivity contribution in [1.82, 2.24) is 0 Å². The van der Waals surface area contributed by atoms with Crippen molar-refractivity contribution in [2.24, 2.45) is 0 Å². The van der Waals surface area contributed by atoms with Gasteiger partial charge in [0.15, 0.2) is 5.78 Å². The molecule has 0 spiro atoms. The SMILES string of the molecule is COC(=O)C(=O)CC(=O)c1ccc(Br)cc1F. The van der Waals surface area contributed by atoms with Crippen LogP contribution in [0.1, 0.15) is 16.8 Å². The van der Waals surface area contributed by atoms with Gasteiger partial charge in [0.25, 0.3) is 0 Å². The Hall–Kier alpha value is -1.56. The van der Waals surface area contributed by atoms with Gasteiger partial charge in [-0.2, -0.15) is 0 Å². The van der Waals surface area contributed by atoms with Gasteiger partial charge in [0, 0.05) is 4.47 Å². The molecule has 0 radical (unpaired) electrons. The molecule has 6 heteroatoms. The molecule has 0 bridgehead atoms. The summed E-state index contributed by atoms with van der Waals surface area (Å²) >= 11 is 3.04. The zero-order valence-corrected chi connectivity index (χ0v) is 10.4. The zero-order chi connectivity index (χ0) is 13.0. The molecule has 1 aromatic carbocycles. The predicted molar refractivity (Wildman–Crippen MR) is 60.1 cm³/mol. The fourth-order valence-electron chi connectivity index (χ4n) is 1.14. The van der Waals surface area contributed by atoms with Crippen LogP contribution in [0.3, 0.4) is 0 Å². The van der Waals surface area contributed by atoms with Crippen LogP contribution in [0.2, 0.25) is 0 Å². The minimum Gasteiger partial charge on any atom is -0.463 e. The first-order valence-electron chi connectivity index (χ1n) is 4.55. The summed E-state index contributed by atoms with van der Waals surface area (Å²) < 4.78 is 18.0. The Morgan fingerprint density at radius 2 is 2.00 bits per heavy atom. The summed E-state index contributed by atoms with van der Waals surface area (Å²) in [6, 6.07) is 3.82. The van der Waals surface area contributed by atoms with Crippen molar-refractivity contribution in [2.45, 2.75) is 6.42 Å². The summed E-state index contributed by atoms with van der Waals surface area (Å²) in [5.41, 5.74) is -0.231. The van der Waals surface area contributed by atoms with E-state index in [1.807, 2.05) is 0 Å². The van der Waals surface area contributed by atoms with Crippen LogP contribution in [0, 0.1) is 5.82 Å². The number of carbonyl (C=O) groups excluding carboxylic acids is 3. The third-order valence-corrected chi connectivity index (χ3v) is 2.46. The topological polar surface area (TPSA) is 60.4 Å². The maximum atomic E-state index is 13.4. The maximum absolute atomic E-state index is 13.4. The molecule has 90 valence electrons. The van der Waals surface area contributed by atoms with Gasteiger partial charge < -0.3 is 4.74 Å². The maximum Gasteiger partial charge on any atom is 0.374 e. The number of hydrogen-bond acceptors (Lipinski definition) is 4. The van der Waals surface area contributed by atoms with Crippen molar-refractivity contribution < 1.29 is 23.5 Å². The van der Waals surface area contributed by atoms with Crippen LogP contribution in [0.15, 0.2) is 22.7 Å². The van der Waals surface area contributed by atoms with Crippen molar-refractivity contribution in [3.63, 3.8) is 0 Å². The van der Waals surface area contributed by atoms with E-state index < -0.39 is 29.8 Å². The van der Waals surface area contributed by atoms with Crippen molar-refractivity contribution in [3.8, 4) is 0 Å². The number of Topliss-reactive ketones (excluding diaryl/α,β-unsaturated/α-hetero) is 2. The number of halogens is 2. The number of ketones is 2. The summed E-state index contributed by atoms with van der Waals surface area (Å²) in [6.07, 6.45) is -0.703. The van der Waals surface area contributed by atoms with Gasteiger partial charge in [-0.3, -0.25) is 9.59 Å². The molecule has 0 aliphatic heterocycles. The second-order valence-corrected chi connectivity index (χ2v) is 4.05. The second kappa shape index (κ2) is 5.67. The molecule has 0 aliphatic carbocycles. The van der Waals surface area contributed by atoms with E-state index in [2.05, 4.69) is 20.7 Å². The zero-order valence-electron chi connectivity index (χ0n) is 8.83. The summed E-state index contributed by atoms with van der Waals surface area (Å²) in [4.78, 5) is 33.4. The number of carbonyl (C=O) groups is 3. The van der Waals surface area contributed by atoms with Gasteiger partial charge in [-0.25, -0.2) is 9.18 Å². The first-order valence-corrected chi connectivity index (χ1v) is 5.34. The smallest absolute Gasteiger partial charge is 0.374 e. The number of hydrogen-bond donors (Lipinski definition) is 0.